The molecule has 0 spiro atoms. The number of carbonyl (C=O) groups excluding carboxylic acids is 1. The van der Waals surface area contributed by atoms with Crippen molar-refractivity contribution >= 4 is 5.97 Å². The Morgan fingerprint density at radius 2 is 1.94 bits per heavy atom. The standard InChI is InChI=1S/C13H18O4/c1-8(14)12(16)17-9-5-6-11(15)10(7-9)13(2,3)4/h5-8,14-15H,1-4H3. The molecule has 0 saturated carbocycles. The number of aliphatic hydroxyl groups excluding tert-OH is 1. The van der Waals surface area contributed by atoms with Crippen molar-refractivity contribution in [2.45, 2.75) is 39.2 Å². The predicted molar refractivity (Wildman–Crippen MR) is 64.1 cm³/mol. The minimum atomic E-state index is -1.16. The van der Waals surface area contributed by atoms with E-state index >= 15 is 0 Å². The molecular formula is C13H18O4. The lowest BCUT2D eigenvalue weighted by atomic mass is 9.86. The van der Waals surface area contributed by atoms with Crippen molar-refractivity contribution in [3.05, 3.63) is 23.8 Å². The summed E-state index contributed by atoms with van der Waals surface area (Å²) >= 11 is 0. The number of aromatic hydroxyl groups is 1. The van der Waals surface area contributed by atoms with Crippen molar-refractivity contribution < 1.29 is 19.7 Å². The van der Waals surface area contributed by atoms with E-state index in [1.54, 1.807) is 6.07 Å². The van der Waals surface area contributed by atoms with Crippen LogP contribution < -0.4 is 4.74 Å². The van der Waals surface area contributed by atoms with Gasteiger partial charge in [0, 0.05) is 5.56 Å². The summed E-state index contributed by atoms with van der Waals surface area (Å²) < 4.78 is 4.97. The van der Waals surface area contributed by atoms with E-state index < -0.39 is 12.1 Å². The molecule has 0 radical (unpaired) electrons. The average Bonchev–Trinajstić information content (AvgIpc) is 2.19. The highest BCUT2D eigenvalue weighted by atomic mass is 16.5. The molecule has 1 aromatic carbocycles. The van der Waals surface area contributed by atoms with Gasteiger partial charge < -0.3 is 14.9 Å². The van der Waals surface area contributed by atoms with Crippen molar-refractivity contribution in [3.8, 4) is 11.5 Å². The SMILES string of the molecule is CC(O)C(=O)Oc1ccc(O)c(C(C)(C)C)c1. The Labute approximate surface area is 101 Å². The van der Waals surface area contributed by atoms with E-state index in [2.05, 4.69) is 0 Å². The third-order valence-corrected chi connectivity index (χ3v) is 2.34. The molecule has 17 heavy (non-hydrogen) atoms. The van der Waals surface area contributed by atoms with Crippen LogP contribution in [0, 0.1) is 0 Å². The number of phenols is 1. The summed E-state index contributed by atoms with van der Waals surface area (Å²) in [7, 11) is 0. The maximum absolute atomic E-state index is 11.2. The summed E-state index contributed by atoms with van der Waals surface area (Å²) in [4.78, 5) is 11.2. The maximum atomic E-state index is 11.2. The third-order valence-electron chi connectivity index (χ3n) is 2.34. The molecule has 1 rings (SSSR count). The summed E-state index contributed by atoms with van der Waals surface area (Å²) in [6.45, 7) is 7.18. The summed E-state index contributed by atoms with van der Waals surface area (Å²) in [5.41, 5.74) is 0.436. The molecule has 94 valence electrons. The highest BCUT2D eigenvalue weighted by Gasteiger charge is 2.20. The van der Waals surface area contributed by atoms with Gasteiger partial charge in [-0.1, -0.05) is 20.8 Å². The van der Waals surface area contributed by atoms with Gasteiger partial charge in [0.05, 0.1) is 0 Å². The molecule has 1 atom stereocenters. The van der Waals surface area contributed by atoms with Crippen LogP contribution in [0.1, 0.15) is 33.3 Å². The molecule has 0 amide bonds. The van der Waals surface area contributed by atoms with Gasteiger partial charge in [0.2, 0.25) is 0 Å². The van der Waals surface area contributed by atoms with Crippen molar-refractivity contribution in [2.24, 2.45) is 0 Å². The normalized spacial score (nSPS) is 13.2. The number of hydrogen-bond donors (Lipinski definition) is 2. The maximum Gasteiger partial charge on any atom is 0.340 e. The summed E-state index contributed by atoms with van der Waals surface area (Å²) in [5, 5.41) is 18.8. The Morgan fingerprint density at radius 3 is 2.41 bits per heavy atom. The van der Waals surface area contributed by atoms with Gasteiger partial charge in [-0.15, -0.1) is 0 Å². The number of rotatable bonds is 2. The molecule has 0 aliphatic heterocycles. The van der Waals surface area contributed by atoms with Gasteiger partial charge in [0.25, 0.3) is 0 Å². The monoisotopic (exact) mass is 238 g/mol. The first-order chi connectivity index (χ1) is 7.71. The molecule has 0 bridgehead atoms. The molecule has 0 saturated heterocycles. The first-order valence-electron chi connectivity index (χ1n) is 5.45. The van der Waals surface area contributed by atoms with Crippen LogP contribution in [0.25, 0.3) is 0 Å². The van der Waals surface area contributed by atoms with Crippen LogP contribution >= 0.6 is 0 Å². The van der Waals surface area contributed by atoms with Crippen molar-refractivity contribution in [3.63, 3.8) is 0 Å². The van der Waals surface area contributed by atoms with Crippen LogP contribution in [0.5, 0.6) is 11.5 Å². The van der Waals surface area contributed by atoms with E-state index in [0.717, 1.165) is 0 Å². The van der Waals surface area contributed by atoms with Crippen LogP contribution in [0.3, 0.4) is 0 Å². The first-order valence-corrected chi connectivity index (χ1v) is 5.45. The number of esters is 1. The van der Waals surface area contributed by atoms with E-state index in [1.807, 2.05) is 20.8 Å². The lowest BCUT2D eigenvalue weighted by Gasteiger charge is -2.21. The number of ether oxygens (including phenoxy) is 1. The molecule has 4 nitrogen and oxygen atoms in total. The van der Waals surface area contributed by atoms with Gasteiger partial charge >= 0.3 is 5.97 Å². The Bertz CT molecular complexity index is 416. The molecule has 0 aliphatic carbocycles. The van der Waals surface area contributed by atoms with Gasteiger partial charge in [-0.05, 0) is 30.5 Å². The number of aliphatic hydroxyl groups is 1. The molecule has 2 N–H and O–H groups in total. The van der Waals surface area contributed by atoms with Crippen LogP contribution in [0.2, 0.25) is 0 Å². The van der Waals surface area contributed by atoms with E-state index in [9.17, 15) is 9.90 Å². The van der Waals surface area contributed by atoms with E-state index in [4.69, 9.17) is 9.84 Å². The molecule has 1 unspecified atom stereocenters. The fraction of sp³-hybridized carbons (Fsp3) is 0.462. The lowest BCUT2D eigenvalue weighted by Crippen LogP contribution is -2.22. The molecule has 0 heterocycles. The second-order valence-corrected chi connectivity index (χ2v) is 5.03. The Balaban J connectivity index is 3.01. The smallest absolute Gasteiger partial charge is 0.340 e. The minimum absolute atomic E-state index is 0.161. The number of carbonyl (C=O) groups is 1. The fourth-order valence-corrected chi connectivity index (χ4v) is 1.38. The first kappa shape index (κ1) is 13.5. The van der Waals surface area contributed by atoms with Crippen LogP contribution in [-0.4, -0.2) is 22.3 Å². The van der Waals surface area contributed by atoms with Crippen LogP contribution in [-0.2, 0) is 10.2 Å². The topological polar surface area (TPSA) is 66.8 Å². The zero-order valence-electron chi connectivity index (χ0n) is 10.5. The largest absolute Gasteiger partial charge is 0.508 e. The zero-order chi connectivity index (χ0) is 13.2. The van der Waals surface area contributed by atoms with Crippen molar-refractivity contribution in [1.82, 2.24) is 0 Å². The second-order valence-electron chi connectivity index (χ2n) is 5.03. The molecule has 0 aliphatic rings. The van der Waals surface area contributed by atoms with Crippen LogP contribution in [0.4, 0.5) is 0 Å². The highest BCUT2D eigenvalue weighted by Crippen LogP contribution is 2.33. The van der Waals surface area contributed by atoms with E-state index in [-0.39, 0.29) is 11.2 Å². The minimum Gasteiger partial charge on any atom is -0.508 e. The summed E-state index contributed by atoms with van der Waals surface area (Å²) in [6, 6.07) is 4.58. The molecule has 0 aromatic heterocycles. The van der Waals surface area contributed by atoms with Crippen LogP contribution in [0.15, 0.2) is 18.2 Å². The second kappa shape index (κ2) is 4.75. The lowest BCUT2D eigenvalue weighted by molar-refractivity contribution is -0.142. The van der Waals surface area contributed by atoms with Crippen molar-refractivity contribution in [2.75, 3.05) is 0 Å². The molecule has 0 fully saturated rings. The Morgan fingerprint density at radius 1 is 1.35 bits per heavy atom. The van der Waals surface area contributed by atoms with E-state index in [0.29, 0.717) is 11.3 Å². The fourth-order valence-electron chi connectivity index (χ4n) is 1.38. The number of hydrogen-bond acceptors (Lipinski definition) is 4. The molecular weight excluding hydrogens is 220 g/mol. The quantitative estimate of drug-likeness (QED) is 0.610. The van der Waals surface area contributed by atoms with Gasteiger partial charge in [0.15, 0.2) is 0 Å². The van der Waals surface area contributed by atoms with Gasteiger partial charge in [-0.2, -0.15) is 0 Å². The number of phenolic OH excluding ortho intramolecular Hbond substituents is 1. The molecule has 1 aromatic rings. The molecule has 4 heteroatoms. The average molecular weight is 238 g/mol. The van der Waals surface area contributed by atoms with Gasteiger partial charge in [0.1, 0.15) is 17.6 Å². The Kier molecular flexibility index (Phi) is 3.78. The summed E-state index contributed by atoms with van der Waals surface area (Å²) in [5.74, 6) is -0.233. The van der Waals surface area contributed by atoms with Gasteiger partial charge in [-0.25, -0.2) is 4.79 Å². The third kappa shape index (κ3) is 3.46. The summed E-state index contributed by atoms with van der Waals surface area (Å²) in [6.07, 6.45) is -1.16. The number of benzene rings is 1. The predicted octanol–water partition coefficient (Wildman–Crippen LogP) is 1.98. The zero-order valence-corrected chi connectivity index (χ0v) is 10.5. The Hall–Kier alpha value is -1.55. The highest BCUT2D eigenvalue weighted by molar-refractivity contribution is 5.76. The van der Waals surface area contributed by atoms with E-state index in [1.165, 1.54) is 19.1 Å². The van der Waals surface area contributed by atoms with Gasteiger partial charge in [-0.3, -0.25) is 0 Å². The van der Waals surface area contributed by atoms with Crippen molar-refractivity contribution in [1.29, 1.82) is 0 Å².